The van der Waals surface area contributed by atoms with E-state index in [0.29, 0.717) is 24.6 Å². The van der Waals surface area contributed by atoms with E-state index in [2.05, 4.69) is 116 Å². The molecular formula is C34H40N8O. The number of anilines is 6. The molecule has 9 nitrogen and oxygen atoms in total. The van der Waals surface area contributed by atoms with Gasteiger partial charge in [0.25, 0.3) is 0 Å². The SMILES string of the molecule is c1ccc(C(CN2CCC(Nc3nc(Nc4ccc(N5CCOCC5)cc4)nc4c3NCN4)CC2)c2ccccc2)cc1. The van der Waals surface area contributed by atoms with Crippen LogP contribution in [0.4, 0.5) is 34.6 Å². The Labute approximate surface area is 253 Å². The van der Waals surface area contributed by atoms with Gasteiger partial charge in [-0.05, 0) is 48.2 Å². The molecule has 0 unspecified atom stereocenters. The Kier molecular flexibility index (Phi) is 8.24. The normalized spacial score (nSPS) is 17.3. The fourth-order valence-corrected chi connectivity index (χ4v) is 6.32. The molecule has 3 aromatic carbocycles. The number of hydrogen-bond acceptors (Lipinski definition) is 9. The number of benzene rings is 3. The van der Waals surface area contributed by atoms with Gasteiger partial charge in [0.15, 0.2) is 11.6 Å². The van der Waals surface area contributed by atoms with E-state index in [-0.39, 0.29) is 0 Å². The lowest BCUT2D eigenvalue weighted by atomic mass is 9.90. The molecule has 4 aromatic rings. The molecule has 1 aromatic heterocycles. The van der Waals surface area contributed by atoms with Crippen molar-refractivity contribution in [2.24, 2.45) is 0 Å². The minimum atomic E-state index is 0.352. The zero-order valence-electron chi connectivity index (χ0n) is 24.5. The number of piperidine rings is 1. The van der Waals surface area contributed by atoms with Crippen molar-refractivity contribution in [2.75, 3.05) is 78.8 Å². The van der Waals surface area contributed by atoms with Gasteiger partial charge in [-0.1, -0.05) is 60.7 Å². The molecule has 9 heteroatoms. The van der Waals surface area contributed by atoms with Crippen LogP contribution in [0.3, 0.4) is 0 Å². The van der Waals surface area contributed by atoms with Crippen molar-refractivity contribution >= 4 is 34.6 Å². The third-order valence-corrected chi connectivity index (χ3v) is 8.70. The first-order chi connectivity index (χ1) is 21.3. The molecule has 222 valence electrons. The highest BCUT2D eigenvalue weighted by Gasteiger charge is 2.26. The average Bonchev–Trinajstić information content (AvgIpc) is 3.55. The third kappa shape index (κ3) is 6.53. The molecule has 7 rings (SSSR count). The third-order valence-electron chi connectivity index (χ3n) is 8.70. The highest BCUT2D eigenvalue weighted by Crippen LogP contribution is 2.35. The number of hydrogen-bond donors (Lipinski definition) is 4. The second-order valence-electron chi connectivity index (χ2n) is 11.5. The number of rotatable bonds is 9. The van der Waals surface area contributed by atoms with Crippen molar-refractivity contribution in [2.45, 2.75) is 24.8 Å². The van der Waals surface area contributed by atoms with E-state index in [0.717, 1.165) is 81.8 Å². The topological polar surface area (TPSA) is 89.6 Å². The van der Waals surface area contributed by atoms with Crippen LogP contribution in [0, 0.1) is 0 Å². The first kappa shape index (κ1) is 27.5. The van der Waals surface area contributed by atoms with Crippen molar-refractivity contribution in [3.63, 3.8) is 0 Å². The van der Waals surface area contributed by atoms with Gasteiger partial charge in [0, 0.05) is 56.1 Å². The number of nitrogens with zero attached hydrogens (tertiary/aromatic N) is 4. The van der Waals surface area contributed by atoms with Crippen LogP contribution in [0.1, 0.15) is 29.9 Å². The quantitative estimate of drug-likeness (QED) is 0.205. The minimum Gasteiger partial charge on any atom is -0.378 e. The summed E-state index contributed by atoms with van der Waals surface area (Å²) in [6, 6.07) is 30.6. The lowest BCUT2D eigenvalue weighted by Gasteiger charge is -2.35. The maximum Gasteiger partial charge on any atom is 0.231 e. The summed E-state index contributed by atoms with van der Waals surface area (Å²) in [7, 11) is 0. The fraction of sp³-hybridized carbons (Fsp3) is 0.353. The van der Waals surface area contributed by atoms with Crippen LogP contribution in [0.5, 0.6) is 0 Å². The van der Waals surface area contributed by atoms with E-state index in [4.69, 9.17) is 14.7 Å². The summed E-state index contributed by atoms with van der Waals surface area (Å²) in [5, 5.41) is 13.9. The molecule has 43 heavy (non-hydrogen) atoms. The number of morpholine rings is 1. The molecular weight excluding hydrogens is 536 g/mol. The van der Waals surface area contributed by atoms with Gasteiger partial charge in [-0.2, -0.15) is 9.97 Å². The Morgan fingerprint density at radius 2 is 1.47 bits per heavy atom. The molecule has 4 heterocycles. The highest BCUT2D eigenvalue weighted by atomic mass is 16.5. The first-order valence-corrected chi connectivity index (χ1v) is 15.5. The number of nitrogens with one attached hydrogen (secondary N) is 4. The Balaban J connectivity index is 0.997. The summed E-state index contributed by atoms with van der Waals surface area (Å²) in [6.07, 6.45) is 2.13. The van der Waals surface area contributed by atoms with Crippen molar-refractivity contribution in [1.29, 1.82) is 0 Å². The van der Waals surface area contributed by atoms with Crippen molar-refractivity contribution in [3.05, 3.63) is 96.1 Å². The van der Waals surface area contributed by atoms with Gasteiger partial charge in [-0.3, -0.25) is 0 Å². The second-order valence-corrected chi connectivity index (χ2v) is 11.5. The maximum absolute atomic E-state index is 5.49. The zero-order chi connectivity index (χ0) is 28.8. The van der Waals surface area contributed by atoms with E-state index in [1.807, 2.05) is 0 Å². The van der Waals surface area contributed by atoms with Gasteiger partial charge in [0.05, 0.1) is 19.9 Å². The molecule has 4 N–H and O–H groups in total. The van der Waals surface area contributed by atoms with E-state index in [9.17, 15) is 0 Å². The van der Waals surface area contributed by atoms with Crippen LogP contribution in [0.25, 0.3) is 0 Å². The lowest BCUT2D eigenvalue weighted by Crippen LogP contribution is -2.41. The highest BCUT2D eigenvalue weighted by molar-refractivity contribution is 5.82. The van der Waals surface area contributed by atoms with Crippen LogP contribution < -0.4 is 26.2 Å². The first-order valence-electron chi connectivity index (χ1n) is 15.5. The largest absolute Gasteiger partial charge is 0.378 e. The van der Waals surface area contributed by atoms with Crippen LogP contribution in [0.2, 0.25) is 0 Å². The van der Waals surface area contributed by atoms with Crippen molar-refractivity contribution in [3.8, 4) is 0 Å². The predicted octanol–water partition coefficient (Wildman–Crippen LogP) is 5.56. The van der Waals surface area contributed by atoms with Crippen molar-refractivity contribution in [1.82, 2.24) is 14.9 Å². The van der Waals surface area contributed by atoms with Gasteiger partial charge < -0.3 is 35.8 Å². The molecule has 0 radical (unpaired) electrons. The summed E-state index contributed by atoms with van der Waals surface area (Å²) >= 11 is 0. The molecule has 0 aliphatic carbocycles. The standard InChI is InChI=1S/C34H40N8O/c1-3-7-25(8-4-1)30(26-9-5-2-6-10-26)23-41-17-15-28(16-18-41)37-33-31-32(36-24-35-31)39-34(40-33)38-27-11-13-29(14-12-27)42-19-21-43-22-20-42/h1-14,28,30,35H,15-24H2,(H3,36,37,38,39,40). The maximum atomic E-state index is 5.49. The monoisotopic (exact) mass is 576 g/mol. The second kappa shape index (κ2) is 12.9. The van der Waals surface area contributed by atoms with Gasteiger partial charge in [-0.15, -0.1) is 0 Å². The van der Waals surface area contributed by atoms with Crippen molar-refractivity contribution < 1.29 is 4.74 Å². The smallest absolute Gasteiger partial charge is 0.231 e. The van der Waals surface area contributed by atoms with Gasteiger partial charge in [-0.25, -0.2) is 0 Å². The molecule has 0 amide bonds. The summed E-state index contributed by atoms with van der Waals surface area (Å²) < 4.78 is 5.49. The number of ether oxygens (including phenoxy) is 1. The summed E-state index contributed by atoms with van der Waals surface area (Å²) in [6.45, 7) is 7.17. The summed E-state index contributed by atoms with van der Waals surface area (Å²) in [5.41, 5.74) is 5.87. The predicted molar refractivity (Wildman–Crippen MR) is 175 cm³/mol. The van der Waals surface area contributed by atoms with Gasteiger partial charge in [0.1, 0.15) is 5.69 Å². The van der Waals surface area contributed by atoms with Crippen LogP contribution >= 0.6 is 0 Å². The van der Waals surface area contributed by atoms with Gasteiger partial charge >= 0.3 is 0 Å². The van der Waals surface area contributed by atoms with Crippen LogP contribution in [0.15, 0.2) is 84.9 Å². The zero-order valence-corrected chi connectivity index (χ0v) is 24.5. The molecule has 2 saturated heterocycles. The minimum absolute atomic E-state index is 0.352. The van der Waals surface area contributed by atoms with E-state index in [1.165, 1.54) is 16.8 Å². The Hall–Kier alpha value is -4.34. The van der Waals surface area contributed by atoms with E-state index < -0.39 is 0 Å². The lowest BCUT2D eigenvalue weighted by molar-refractivity contribution is 0.122. The number of aromatic nitrogens is 2. The molecule has 0 spiro atoms. The fourth-order valence-electron chi connectivity index (χ4n) is 6.32. The van der Waals surface area contributed by atoms with Crippen LogP contribution in [-0.4, -0.2) is 73.5 Å². The Morgan fingerprint density at radius 3 is 2.14 bits per heavy atom. The van der Waals surface area contributed by atoms with E-state index >= 15 is 0 Å². The Bertz CT molecular complexity index is 1430. The average molecular weight is 577 g/mol. The van der Waals surface area contributed by atoms with E-state index in [1.54, 1.807) is 0 Å². The Morgan fingerprint density at radius 1 is 0.791 bits per heavy atom. The molecule has 2 fully saturated rings. The number of fused-ring (bicyclic) bond motifs is 1. The summed E-state index contributed by atoms with van der Waals surface area (Å²) in [4.78, 5) is 14.6. The van der Waals surface area contributed by atoms with Gasteiger partial charge in [0.2, 0.25) is 5.95 Å². The number of likely N-dealkylation sites (tertiary alicyclic amines) is 1. The molecule has 3 aliphatic heterocycles. The van der Waals surface area contributed by atoms with Crippen LogP contribution in [-0.2, 0) is 4.74 Å². The molecule has 0 saturated carbocycles. The molecule has 0 bridgehead atoms. The molecule has 3 aliphatic rings. The molecule has 0 atom stereocenters. The summed E-state index contributed by atoms with van der Waals surface area (Å²) in [5.74, 6) is 2.63.